The summed E-state index contributed by atoms with van der Waals surface area (Å²) in [5, 5.41) is 2.85. The van der Waals surface area contributed by atoms with Gasteiger partial charge in [0, 0.05) is 16.5 Å². The van der Waals surface area contributed by atoms with E-state index in [1.165, 1.54) is 94.3 Å². The molecule has 1 heterocycles. The Hall–Kier alpha value is -6.18. The van der Waals surface area contributed by atoms with Crippen LogP contribution in [0.3, 0.4) is 0 Å². The molecular formula is C54H39N. The van der Waals surface area contributed by atoms with Crippen LogP contribution in [0.25, 0.3) is 44.7 Å². The highest BCUT2D eigenvalue weighted by Crippen LogP contribution is 2.69. The second-order valence-corrected chi connectivity index (χ2v) is 16.3. The zero-order valence-electron chi connectivity index (χ0n) is 30.8. The molecule has 1 aromatic heterocycles. The summed E-state index contributed by atoms with van der Waals surface area (Å²) >= 11 is 0. The van der Waals surface area contributed by atoms with Crippen LogP contribution < -0.4 is 0 Å². The molecule has 0 atom stereocenters. The fourth-order valence-corrected chi connectivity index (χ4v) is 12.3. The SMILES string of the molecule is C1=CC2=C(CC1)C1(c3ccccc32)c2ccccc2C2(C3=C(C=CCC3)c3c2ccc2c3c3c4c(ccc3n2-c2ccccc2)C=CCC4)c2ccccc21. The van der Waals surface area contributed by atoms with Crippen molar-refractivity contribution >= 4 is 39.0 Å². The molecular weight excluding hydrogens is 663 g/mol. The van der Waals surface area contributed by atoms with Gasteiger partial charge in [0.15, 0.2) is 0 Å². The van der Waals surface area contributed by atoms with Crippen LogP contribution in [-0.4, -0.2) is 4.57 Å². The Bertz CT molecular complexity index is 2980. The van der Waals surface area contributed by atoms with Gasteiger partial charge in [-0.05, 0) is 141 Å². The third-order valence-electron chi connectivity index (χ3n) is 14.1. The molecule has 260 valence electrons. The molecule has 0 radical (unpaired) electrons. The first kappa shape index (κ1) is 30.2. The highest BCUT2D eigenvalue weighted by Gasteiger charge is 2.60. The third-order valence-corrected chi connectivity index (χ3v) is 14.1. The first-order valence-corrected chi connectivity index (χ1v) is 20.3. The molecule has 1 nitrogen and oxygen atoms in total. The minimum absolute atomic E-state index is 0.331. The van der Waals surface area contributed by atoms with E-state index in [1.807, 2.05) is 0 Å². The van der Waals surface area contributed by atoms with Crippen LogP contribution in [0, 0.1) is 0 Å². The van der Waals surface area contributed by atoms with Crippen LogP contribution in [0.1, 0.15) is 87.7 Å². The molecule has 0 unspecified atom stereocenters. The first-order chi connectivity index (χ1) is 27.3. The summed E-state index contributed by atoms with van der Waals surface area (Å²) in [7, 11) is 0. The Balaban J connectivity index is 1.22. The van der Waals surface area contributed by atoms with E-state index in [4.69, 9.17) is 0 Å². The Morgan fingerprint density at radius 3 is 1.69 bits per heavy atom. The number of hydrogen-bond donors (Lipinski definition) is 0. The average molecular weight is 702 g/mol. The summed E-state index contributed by atoms with van der Waals surface area (Å²) in [4.78, 5) is 0. The molecule has 0 saturated carbocycles. The molecule has 6 aromatic carbocycles. The predicted molar refractivity (Wildman–Crippen MR) is 228 cm³/mol. The normalized spacial score (nSPS) is 22.3. The van der Waals surface area contributed by atoms with Gasteiger partial charge in [0.2, 0.25) is 0 Å². The van der Waals surface area contributed by atoms with Crippen molar-refractivity contribution in [3.63, 3.8) is 0 Å². The topological polar surface area (TPSA) is 4.93 Å². The lowest BCUT2D eigenvalue weighted by Crippen LogP contribution is -2.45. The maximum atomic E-state index is 2.54. The monoisotopic (exact) mass is 701 g/mol. The van der Waals surface area contributed by atoms with Gasteiger partial charge in [0.05, 0.1) is 21.9 Å². The van der Waals surface area contributed by atoms with Gasteiger partial charge in [0.1, 0.15) is 0 Å². The molecule has 55 heavy (non-hydrogen) atoms. The van der Waals surface area contributed by atoms with Crippen molar-refractivity contribution in [2.75, 3.05) is 0 Å². The molecule has 0 saturated heterocycles. The van der Waals surface area contributed by atoms with Gasteiger partial charge < -0.3 is 4.57 Å². The number of aryl methyl sites for hydroxylation is 1. The summed E-state index contributed by atoms with van der Waals surface area (Å²) in [6.07, 6.45) is 20.9. The summed E-state index contributed by atoms with van der Waals surface area (Å²) < 4.78 is 2.54. The van der Waals surface area contributed by atoms with E-state index in [0.717, 1.165) is 38.5 Å². The molecule has 0 N–H and O–H groups in total. The van der Waals surface area contributed by atoms with Crippen molar-refractivity contribution in [3.8, 4) is 5.69 Å². The maximum Gasteiger partial charge on any atom is 0.0683 e. The van der Waals surface area contributed by atoms with E-state index in [-0.39, 0.29) is 5.41 Å². The number of benzene rings is 6. The molecule has 7 aromatic rings. The zero-order chi connectivity index (χ0) is 35.9. The van der Waals surface area contributed by atoms with Gasteiger partial charge in [-0.15, -0.1) is 0 Å². The van der Waals surface area contributed by atoms with E-state index in [1.54, 1.807) is 11.1 Å². The lowest BCUT2D eigenvalue weighted by atomic mass is 9.51. The Labute approximate surface area is 322 Å². The van der Waals surface area contributed by atoms with Crippen LogP contribution in [-0.2, 0) is 17.3 Å². The Morgan fingerprint density at radius 2 is 0.964 bits per heavy atom. The molecule has 6 aliphatic rings. The van der Waals surface area contributed by atoms with E-state index >= 15 is 0 Å². The van der Waals surface area contributed by atoms with Gasteiger partial charge >= 0.3 is 0 Å². The Kier molecular flexibility index (Phi) is 5.89. The van der Waals surface area contributed by atoms with Gasteiger partial charge in [0.25, 0.3) is 0 Å². The van der Waals surface area contributed by atoms with E-state index < -0.39 is 5.41 Å². The van der Waals surface area contributed by atoms with E-state index in [0.29, 0.717) is 0 Å². The minimum Gasteiger partial charge on any atom is -0.309 e. The molecule has 2 spiro atoms. The number of nitrogens with zero attached hydrogens (tertiary/aromatic N) is 1. The Morgan fingerprint density at radius 1 is 0.418 bits per heavy atom. The smallest absolute Gasteiger partial charge is 0.0683 e. The summed E-state index contributed by atoms with van der Waals surface area (Å²) in [6.45, 7) is 0. The number of hydrogen-bond acceptors (Lipinski definition) is 0. The number of rotatable bonds is 1. The third kappa shape index (κ3) is 3.48. The minimum atomic E-state index is -0.402. The number of para-hydroxylation sites is 1. The highest BCUT2D eigenvalue weighted by molar-refractivity contribution is 6.19. The summed E-state index contributed by atoms with van der Waals surface area (Å²) in [5.41, 5.74) is 23.6. The second-order valence-electron chi connectivity index (χ2n) is 16.3. The largest absolute Gasteiger partial charge is 0.309 e. The van der Waals surface area contributed by atoms with E-state index in [2.05, 4.69) is 168 Å². The van der Waals surface area contributed by atoms with Crippen molar-refractivity contribution in [1.82, 2.24) is 4.57 Å². The van der Waals surface area contributed by atoms with Crippen LogP contribution >= 0.6 is 0 Å². The molecule has 6 aliphatic carbocycles. The quantitative estimate of drug-likeness (QED) is 0.161. The van der Waals surface area contributed by atoms with Gasteiger partial charge in [-0.25, -0.2) is 0 Å². The molecule has 13 rings (SSSR count). The lowest BCUT2D eigenvalue weighted by Gasteiger charge is -2.50. The summed E-state index contributed by atoms with van der Waals surface area (Å²) in [6, 6.07) is 49.4. The molecule has 0 fully saturated rings. The molecule has 0 bridgehead atoms. The van der Waals surface area contributed by atoms with E-state index in [9.17, 15) is 0 Å². The predicted octanol–water partition coefficient (Wildman–Crippen LogP) is 13.0. The van der Waals surface area contributed by atoms with Crippen molar-refractivity contribution in [3.05, 3.63) is 225 Å². The second kappa shape index (κ2) is 10.7. The van der Waals surface area contributed by atoms with Crippen molar-refractivity contribution in [2.45, 2.75) is 49.4 Å². The lowest BCUT2D eigenvalue weighted by molar-refractivity contribution is 0.586. The van der Waals surface area contributed by atoms with Crippen LogP contribution in [0.2, 0.25) is 0 Å². The van der Waals surface area contributed by atoms with Crippen molar-refractivity contribution < 1.29 is 0 Å². The van der Waals surface area contributed by atoms with Gasteiger partial charge in [-0.1, -0.05) is 140 Å². The standard InChI is InChI=1S/C54H39N/c1-2-17-35(18-3-1)55-48-32-30-34-16-4-5-19-36(34)51(48)52-49(55)33-31-47-50(52)39-22-8-11-25-42(39)54(47)45-28-14-12-26-43(45)53(44-27-13-15-29-46(44)54)40-23-9-6-20-37(40)38-21-7-10-24-41(38)53/h1-4,6-9,12-18,20-23,26-33H,5,10-11,19,24-25H2. The fraction of sp³-hybridized carbons (Fsp3) is 0.148. The van der Waals surface area contributed by atoms with Crippen LogP contribution in [0.4, 0.5) is 0 Å². The maximum absolute atomic E-state index is 2.54. The highest BCUT2D eigenvalue weighted by atomic mass is 15.0. The van der Waals surface area contributed by atoms with Gasteiger partial charge in [-0.2, -0.15) is 0 Å². The fourth-order valence-electron chi connectivity index (χ4n) is 12.3. The molecule has 1 heteroatoms. The molecule has 0 amide bonds. The van der Waals surface area contributed by atoms with Crippen LogP contribution in [0.5, 0.6) is 0 Å². The molecule has 0 aliphatic heterocycles. The average Bonchev–Trinajstić information content (AvgIpc) is 3.87. The van der Waals surface area contributed by atoms with Crippen molar-refractivity contribution in [2.24, 2.45) is 0 Å². The van der Waals surface area contributed by atoms with Gasteiger partial charge in [-0.3, -0.25) is 0 Å². The van der Waals surface area contributed by atoms with Crippen molar-refractivity contribution in [1.29, 1.82) is 0 Å². The zero-order valence-corrected chi connectivity index (χ0v) is 30.8. The number of aromatic nitrogens is 1. The number of allylic oxidation sites excluding steroid dienone is 9. The summed E-state index contributed by atoms with van der Waals surface area (Å²) in [5.74, 6) is 0. The number of fused-ring (bicyclic) bond motifs is 20. The van der Waals surface area contributed by atoms with Crippen LogP contribution in [0.15, 0.2) is 169 Å². The first-order valence-electron chi connectivity index (χ1n) is 20.3.